The number of halogens is 3. The molecule has 1 saturated heterocycles. The number of piperidine rings is 1. The summed E-state index contributed by atoms with van der Waals surface area (Å²) in [6.07, 6.45) is 1.46. The fourth-order valence-corrected chi connectivity index (χ4v) is 2.95. The zero-order valence-electron chi connectivity index (χ0n) is 12.7. The van der Waals surface area contributed by atoms with Gasteiger partial charge in [-0.2, -0.15) is 13.2 Å². The van der Waals surface area contributed by atoms with E-state index in [0.717, 1.165) is 30.3 Å². The minimum atomic E-state index is -4.31. The van der Waals surface area contributed by atoms with Crippen molar-refractivity contribution in [2.75, 3.05) is 6.54 Å². The highest BCUT2D eigenvalue weighted by molar-refractivity contribution is 5.29. The van der Waals surface area contributed by atoms with Crippen LogP contribution in [-0.4, -0.2) is 11.5 Å². The van der Waals surface area contributed by atoms with E-state index in [9.17, 15) is 13.2 Å². The van der Waals surface area contributed by atoms with E-state index in [0.29, 0.717) is 18.0 Å². The third-order valence-corrected chi connectivity index (χ3v) is 4.20. The van der Waals surface area contributed by atoms with Crippen molar-refractivity contribution in [2.45, 2.75) is 37.9 Å². The van der Waals surface area contributed by atoms with E-state index in [1.54, 1.807) is 6.07 Å². The molecule has 5 heteroatoms. The van der Waals surface area contributed by atoms with Gasteiger partial charge in [-0.25, -0.2) is 0 Å². The van der Waals surface area contributed by atoms with E-state index in [4.69, 9.17) is 0 Å². The molecule has 1 aliphatic heterocycles. The van der Waals surface area contributed by atoms with Gasteiger partial charge in [0.2, 0.25) is 0 Å². The molecule has 0 unspecified atom stereocenters. The van der Waals surface area contributed by atoms with Gasteiger partial charge in [0.25, 0.3) is 0 Å². The topological polar surface area (TPSA) is 24.9 Å². The van der Waals surface area contributed by atoms with Crippen LogP contribution in [0, 0.1) is 0 Å². The molecule has 0 saturated carbocycles. The summed E-state index contributed by atoms with van der Waals surface area (Å²) in [5.74, 6) is 0. The monoisotopic (exact) mass is 320 g/mol. The summed E-state index contributed by atoms with van der Waals surface area (Å²) >= 11 is 0. The Morgan fingerprint density at radius 1 is 1.13 bits per heavy atom. The molecule has 1 atom stereocenters. The first-order valence-electron chi connectivity index (χ1n) is 7.87. The third kappa shape index (κ3) is 4.10. The lowest BCUT2D eigenvalue weighted by atomic mass is 9.98. The lowest BCUT2D eigenvalue weighted by molar-refractivity contribution is -0.137. The number of alkyl halides is 3. The molecule has 1 aromatic heterocycles. The SMILES string of the molecule is FC(F)(F)c1cccc(Cc2ccc([C@@H]3CCCCN3)cn2)c1. The Labute approximate surface area is 133 Å². The van der Waals surface area contributed by atoms with Crippen LogP contribution in [0.15, 0.2) is 42.6 Å². The van der Waals surface area contributed by atoms with Crippen molar-refractivity contribution in [3.05, 3.63) is 65.0 Å². The van der Waals surface area contributed by atoms with Crippen molar-refractivity contribution in [1.82, 2.24) is 10.3 Å². The third-order valence-electron chi connectivity index (χ3n) is 4.20. The van der Waals surface area contributed by atoms with Gasteiger partial charge in [-0.1, -0.05) is 30.7 Å². The molecule has 1 fully saturated rings. The minimum absolute atomic E-state index is 0.346. The molecular weight excluding hydrogens is 301 g/mol. The summed E-state index contributed by atoms with van der Waals surface area (Å²) in [6, 6.07) is 9.71. The summed E-state index contributed by atoms with van der Waals surface area (Å²) in [5, 5.41) is 3.46. The van der Waals surface area contributed by atoms with Crippen LogP contribution < -0.4 is 5.32 Å². The van der Waals surface area contributed by atoms with Crippen molar-refractivity contribution >= 4 is 0 Å². The first-order chi connectivity index (χ1) is 11.0. The van der Waals surface area contributed by atoms with Gasteiger partial charge in [0.05, 0.1) is 5.56 Å². The number of nitrogens with zero attached hydrogens (tertiary/aromatic N) is 1. The van der Waals surface area contributed by atoms with Gasteiger partial charge in [0, 0.05) is 24.4 Å². The van der Waals surface area contributed by atoms with Gasteiger partial charge in [0.1, 0.15) is 0 Å². The Hall–Kier alpha value is -1.88. The standard InChI is InChI=1S/C18H19F3N2/c19-18(20,21)15-5-3-4-13(10-15)11-16-8-7-14(12-23-16)17-6-1-2-9-22-17/h3-5,7-8,10,12,17,22H,1-2,6,9,11H2/t17-/m0/s1. The van der Waals surface area contributed by atoms with Crippen LogP contribution in [0.4, 0.5) is 13.2 Å². The summed E-state index contributed by atoms with van der Waals surface area (Å²) in [4.78, 5) is 4.42. The Morgan fingerprint density at radius 3 is 2.65 bits per heavy atom. The second-order valence-corrected chi connectivity index (χ2v) is 5.96. The molecule has 2 heterocycles. The van der Waals surface area contributed by atoms with Gasteiger partial charge in [0.15, 0.2) is 0 Å². The van der Waals surface area contributed by atoms with Crippen molar-refractivity contribution in [2.24, 2.45) is 0 Å². The first-order valence-corrected chi connectivity index (χ1v) is 7.87. The predicted octanol–water partition coefficient (Wildman–Crippen LogP) is 4.51. The lowest BCUT2D eigenvalue weighted by Gasteiger charge is -2.23. The normalized spacial score (nSPS) is 18.8. The molecule has 0 radical (unpaired) electrons. The van der Waals surface area contributed by atoms with Gasteiger partial charge in [-0.15, -0.1) is 0 Å². The van der Waals surface area contributed by atoms with Crippen LogP contribution in [0.1, 0.15) is 47.7 Å². The van der Waals surface area contributed by atoms with E-state index in [1.165, 1.54) is 25.0 Å². The highest BCUT2D eigenvalue weighted by atomic mass is 19.4. The van der Waals surface area contributed by atoms with Gasteiger partial charge in [-0.3, -0.25) is 4.98 Å². The Bertz CT molecular complexity index is 644. The van der Waals surface area contributed by atoms with E-state index < -0.39 is 11.7 Å². The Balaban J connectivity index is 1.71. The van der Waals surface area contributed by atoms with Crippen LogP contribution >= 0.6 is 0 Å². The van der Waals surface area contributed by atoms with E-state index in [2.05, 4.69) is 10.3 Å². The maximum atomic E-state index is 12.7. The number of pyridine rings is 1. The second kappa shape index (κ2) is 6.71. The summed E-state index contributed by atoms with van der Waals surface area (Å²) < 4.78 is 38.2. The van der Waals surface area contributed by atoms with E-state index in [1.807, 2.05) is 18.3 Å². The molecule has 0 aliphatic carbocycles. The van der Waals surface area contributed by atoms with Crippen LogP contribution in [0.5, 0.6) is 0 Å². The van der Waals surface area contributed by atoms with Crippen molar-refractivity contribution < 1.29 is 13.2 Å². The number of nitrogens with one attached hydrogen (secondary N) is 1. The van der Waals surface area contributed by atoms with Crippen LogP contribution in [0.25, 0.3) is 0 Å². The maximum Gasteiger partial charge on any atom is 0.416 e. The van der Waals surface area contributed by atoms with Crippen molar-refractivity contribution in [3.8, 4) is 0 Å². The molecule has 122 valence electrons. The number of rotatable bonds is 3. The number of hydrogen-bond acceptors (Lipinski definition) is 2. The molecule has 1 aliphatic rings. The Kier molecular flexibility index (Phi) is 4.66. The molecular formula is C18H19F3N2. The molecule has 2 nitrogen and oxygen atoms in total. The van der Waals surface area contributed by atoms with E-state index in [-0.39, 0.29) is 0 Å². The molecule has 2 aromatic rings. The van der Waals surface area contributed by atoms with Gasteiger partial charge < -0.3 is 5.32 Å². The molecule has 1 aromatic carbocycles. The number of aromatic nitrogens is 1. The van der Waals surface area contributed by atoms with Crippen LogP contribution in [-0.2, 0) is 12.6 Å². The van der Waals surface area contributed by atoms with Crippen LogP contribution in [0.2, 0.25) is 0 Å². The first kappa shape index (κ1) is 16.0. The molecule has 0 bridgehead atoms. The molecule has 0 spiro atoms. The fraction of sp³-hybridized carbons (Fsp3) is 0.389. The molecule has 3 rings (SSSR count). The molecule has 23 heavy (non-hydrogen) atoms. The second-order valence-electron chi connectivity index (χ2n) is 5.96. The van der Waals surface area contributed by atoms with Crippen molar-refractivity contribution in [3.63, 3.8) is 0 Å². The zero-order chi connectivity index (χ0) is 16.3. The zero-order valence-corrected chi connectivity index (χ0v) is 12.7. The summed E-state index contributed by atoms with van der Waals surface area (Å²) in [6.45, 7) is 1.02. The minimum Gasteiger partial charge on any atom is -0.310 e. The van der Waals surface area contributed by atoms with Crippen LogP contribution in [0.3, 0.4) is 0 Å². The van der Waals surface area contributed by atoms with Gasteiger partial charge >= 0.3 is 6.18 Å². The summed E-state index contributed by atoms with van der Waals surface area (Å²) in [7, 11) is 0. The number of hydrogen-bond donors (Lipinski definition) is 1. The highest BCUT2D eigenvalue weighted by Gasteiger charge is 2.30. The largest absolute Gasteiger partial charge is 0.416 e. The predicted molar refractivity (Wildman–Crippen MR) is 83.1 cm³/mol. The van der Waals surface area contributed by atoms with Gasteiger partial charge in [-0.05, 0) is 42.6 Å². The number of benzene rings is 1. The average Bonchev–Trinajstić information content (AvgIpc) is 2.56. The lowest BCUT2D eigenvalue weighted by Crippen LogP contribution is -2.26. The summed E-state index contributed by atoms with van der Waals surface area (Å²) in [5.41, 5.74) is 1.94. The smallest absolute Gasteiger partial charge is 0.310 e. The Morgan fingerprint density at radius 2 is 2.00 bits per heavy atom. The quantitative estimate of drug-likeness (QED) is 0.900. The molecule has 0 amide bonds. The molecule has 1 N–H and O–H groups in total. The fourth-order valence-electron chi connectivity index (χ4n) is 2.95. The maximum absolute atomic E-state index is 12.7. The highest BCUT2D eigenvalue weighted by Crippen LogP contribution is 2.30. The van der Waals surface area contributed by atoms with E-state index >= 15 is 0 Å². The average molecular weight is 320 g/mol. The van der Waals surface area contributed by atoms with Crippen molar-refractivity contribution in [1.29, 1.82) is 0 Å².